The first-order valence-electron chi connectivity index (χ1n) is 6.66. The van der Waals surface area contributed by atoms with Crippen molar-refractivity contribution >= 4 is 15.9 Å². The van der Waals surface area contributed by atoms with Gasteiger partial charge in [0.25, 0.3) is 0 Å². The molecule has 2 heterocycles. The van der Waals surface area contributed by atoms with E-state index in [1.807, 2.05) is 30.5 Å². The van der Waals surface area contributed by atoms with Gasteiger partial charge in [-0.3, -0.25) is 0 Å². The van der Waals surface area contributed by atoms with Crippen molar-refractivity contribution in [2.24, 2.45) is 0 Å². The fourth-order valence-electron chi connectivity index (χ4n) is 2.08. The first kappa shape index (κ1) is 14.0. The highest BCUT2D eigenvalue weighted by Gasteiger charge is 2.07. The molecule has 21 heavy (non-hydrogen) atoms. The number of benzene rings is 1. The highest BCUT2D eigenvalue weighted by atomic mass is 79.9. The van der Waals surface area contributed by atoms with Crippen molar-refractivity contribution in [2.45, 2.75) is 19.5 Å². The fraction of sp³-hybridized carbons (Fsp3) is 0.200. The summed E-state index contributed by atoms with van der Waals surface area (Å²) in [5.41, 5.74) is 2.21. The molecule has 0 bridgehead atoms. The van der Waals surface area contributed by atoms with Gasteiger partial charge in [-0.2, -0.15) is 0 Å². The normalized spacial score (nSPS) is 12.5. The molecule has 108 valence electrons. The SMILES string of the molecule is C[C@@H](NCc1ccc(Br)o1)c1ccc(-n2ccnn2)cc1. The van der Waals surface area contributed by atoms with Gasteiger partial charge in [0.15, 0.2) is 4.67 Å². The molecule has 0 amide bonds. The van der Waals surface area contributed by atoms with Gasteiger partial charge in [0.2, 0.25) is 0 Å². The number of halogens is 1. The maximum absolute atomic E-state index is 5.47. The molecule has 0 saturated heterocycles. The van der Waals surface area contributed by atoms with E-state index in [4.69, 9.17) is 4.42 Å². The Morgan fingerprint density at radius 2 is 2.05 bits per heavy atom. The molecular weight excluding hydrogens is 332 g/mol. The molecule has 0 aliphatic rings. The van der Waals surface area contributed by atoms with Crippen LogP contribution in [0.5, 0.6) is 0 Å². The lowest BCUT2D eigenvalue weighted by Gasteiger charge is -2.13. The number of hydrogen-bond acceptors (Lipinski definition) is 4. The third-order valence-electron chi connectivity index (χ3n) is 3.29. The summed E-state index contributed by atoms with van der Waals surface area (Å²) in [6.45, 7) is 2.82. The van der Waals surface area contributed by atoms with E-state index in [2.05, 4.69) is 50.6 Å². The van der Waals surface area contributed by atoms with Crippen LogP contribution in [-0.4, -0.2) is 15.0 Å². The second kappa shape index (κ2) is 6.24. The van der Waals surface area contributed by atoms with Gasteiger partial charge in [-0.15, -0.1) is 5.10 Å². The topological polar surface area (TPSA) is 55.9 Å². The van der Waals surface area contributed by atoms with Crippen molar-refractivity contribution in [3.05, 3.63) is 64.8 Å². The van der Waals surface area contributed by atoms with E-state index in [1.54, 1.807) is 10.9 Å². The van der Waals surface area contributed by atoms with Crippen molar-refractivity contribution in [1.29, 1.82) is 0 Å². The standard InChI is InChI=1S/C15H15BrN4O/c1-11(17-10-14-6-7-15(16)21-14)12-2-4-13(5-3-12)20-9-8-18-19-20/h2-9,11,17H,10H2,1H3/t11-/m1/s1. The highest BCUT2D eigenvalue weighted by Crippen LogP contribution is 2.17. The van der Waals surface area contributed by atoms with E-state index in [1.165, 1.54) is 5.56 Å². The number of nitrogens with zero attached hydrogens (tertiary/aromatic N) is 3. The number of furan rings is 1. The lowest BCUT2D eigenvalue weighted by atomic mass is 10.1. The molecule has 1 N–H and O–H groups in total. The molecule has 0 aliphatic carbocycles. The molecular formula is C15H15BrN4O. The van der Waals surface area contributed by atoms with Crippen LogP contribution < -0.4 is 5.32 Å². The molecule has 3 rings (SSSR count). The summed E-state index contributed by atoms with van der Waals surface area (Å²) in [4.78, 5) is 0. The monoisotopic (exact) mass is 346 g/mol. The summed E-state index contributed by atoms with van der Waals surface area (Å²) in [6, 6.07) is 12.3. The van der Waals surface area contributed by atoms with Crippen LogP contribution in [-0.2, 0) is 6.54 Å². The molecule has 0 unspecified atom stereocenters. The maximum Gasteiger partial charge on any atom is 0.169 e. The number of nitrogens with one attached hydrogen (secondary N) is 1. The van der Waals surface area contributed by atoms with E-state index in [9.17, 15) is 0 Å². The van der Waals surface area contributed by atoms with Crippen LogP contribution in [0.3, 0.4) is 0 Å². The van der Waals surface area contributed by atoms with Crippen LogP contribution in [0, 0.1) is 0 Å². The average Bonchev–Trinajstić information content (AvgIpc) is 3.16. The Morgan fingerprint density at radius 3 is 2.67 bits per heavy atom. The zero-order valence-corrected chi connectivity index (χ0v) is 13.1. The Hall–Kier alpha value is -1.92. The summed E-state index contributed by atoms with van der Waals surface area (Å²) in [5.74, 6) is 0.910. The van der Waals surface area contributed by atoms with Crippen LogP contribution in [0.25, 0.3) is 5.69 Å². The number of rotatable bonds is 5. The smallest absolute Gasteiger partial charge is 0.169 e. The fourth-order valence-corrected chi connectivity index (χ4v) is 2.42. The molecule has 2 aromatic heterocycles. The van der Waals surface area contributed by atoms with Crippen LogP contribution in [0.15, 0.2) is 57.9 Å². The molecule has 5 nitrogen and oxygen atoms in total. The molecule has 1 aromatic carbocycles. The molecule has 0 spiro atoms. The minimum Gasteiger partial charge on any atom is -0.453 e. The Morgan fingerprint density at radius 1 is 1.24 bits per heavy atom. The Labute approximate surface area is 131 Å². The third-order valence-corrected chi connectivity index (χ3v) is 3.72. The van der Waals surface area contributed by atoms with Crippen LogP contribution >= 0.6 is 15.9 Å². The van der Waals surface area contributed by atoms with E-state index in [0.29, 0.717) is 6.54 Å². The van der Waals surface area contributed by atoms with Crippen LogP contribution in [0.1, 0.15) is 24.3 Å². The van der Waals surface area contributed by atoms with Gasteiger partial charge in [-0.1, -0.05) is 17.3 Å². The lowest BCUT2D eigenvalue weighted by Crippen LogP contribution is -2.17. The first-order valence-corrected chi connectivity index (χ1v) is 7.46. The van der Waals surface area contributed by atoms with Crippen molar-refractivity contribution in [3.8, 4) is 5.69 Å². The van der Waals surface area contributed by atoms with Gasteiger partial charge in [0, 0.05) is 6.04 Å². The minimum absolute atomic E-state index is 0.235. The summed E-state index contributed by atoms with van der Waals surface area (Å²) in [6.07, 6.45) is 3.49. The van der Waals surface area contributed by atoms with E-state index in [-0.39, 0.29) is 6.04 Å². The summed E-state index contributed by atoms with van der Waals surface area (Å²) < 4.78 is 7.97. The molecule has 0 saturated carbocycles. The zero-order chi connectivity index (χ0) is 14.7. The molecule has 0 fully saturated rings. The van der Waals surface area contributed by atoms with Crippen molar-refractivity contribution in [1.82, 2.24) is 20.3 Å². The first-order chi connectivity index (χ1) is 10.2. The van der Waals surface area contributed by atoms with Gasteiger partial charge < -0.3 is 9.73 Å². The van der Waals surface area contributed by atoms with Gasteiger partial charge >= 0.3 is 0 Å². The Kier molecular flexibility index (Phi) is 4.17. The van der Waals surface area contributed by atoms with Gasteiger partial charge in [-0.25, -0.2) is 4.68 Å². The largest absolute Gasteiger partial charge is 0.453 e. The molecule has 6 heteroatoms. The predicted molar refractivity (Wildman–Crippen MR) is 83.0 cm³/mol. The maximum atomic E-state index is 5.47. The van der Waals surface area contributed by atoms with Gasteiger partial charge in [-0.05, 0) is 52.7 Å². The van der Waals surface area contributed by atoms with Crippen LogP contribution in [0.4, 0.5) is 0 Å². The number of aromatic nitrogens is 3. The number of hydrogen-bond donors (Lipinski definition) is 1. The third kappa shape index (κ3) is 3.40. The van der Waals surface area contributed by atoms with Crippen molar-refractivity contribution in [2.75, 3.05) is 0 Å². The van der Waals surface area contributed by atoms with Crippen molar-refractivity contribution < 1.29 is 4.42 Å². The second-order valence-corrected chi connectivity index (χ2v) is 5.53. The van der Waals surface area contributed by atoms with Gasteiger partial charge in [0.1, 0.15) is 5.76 Å². The molecule has 0 aliphatic heterocycles. The summed E-state index contributed by atoms with van der Waals surface area (Å²) in [5, 5.41) is 11.2. The van der Waals surface area contributed by atoms with E-state index >= 15 is 0 Å². The summed E-state index contributed by atoms with van der Waals surface area (Å²) >= 11 is 3.30. The Balaban J connectivity index is 1.63. The average molecular weight is 347 g/mol. The zero-order valence-electron chi connectivity index (χ0n) is 11.5. The quantitative estimate of drug-likeness (QED) is 0.768. The highest BCUT2D eigenvalue weighted by molar-refractivity contribution is 9.10. The van der Waals surface area contributed by atoms with E-state index < -0.39 is 0 Å². The molecule has 1 atom stereocenters. The lowest BCUT2D eigenvalue weighted by molar-refractivity contribution is 0.447. The second-order valence-electron chi connectivity index (χ2n) is 4.75. The summed E-state index contributed by atoms with van der Waals surface area (Å²) in [7, 11) is 0. The molecule has 0 radical (unpaired) electrons. The van der Waals surface area contributed by atoms with Gasteiger partial charge in [0.05, 0.1) is 24.6 Å². The Bertz CT molecular complexity index is 691. The van der Waals surface area contributed by atoms with Crippen molar-refractivity contribution in [3.63, 3.8) is 0 Å². The van der Waals surface area contributed by atoms with E-state index in [0.717, 1.165) is 16.1 Å². The van der Waals surface area contributed by atoms with Crippen LogP contribution in [0.2, 0.25) is 0 Å². The molecule has 3 aromatic rings. The predicted octanol–water partition coefficient (Wildman–Crippen LogP) is 3.47. The minimum atomic E-state index is 0.235.